The van der Waals surface area contributed by atoms with Gasteiger partial charge in [-0.15, -0.1) is 0 Å². The SMILES string of the molecule is CCCCNc1nc(NCCCC)nc(N(CCCN)CCCN)n1. The minimum absolute atomic E-state index is 0.628. The van der Waals surface area contributed by atoms with Crippen LogP contribution in [0.4, 0.5) is 17.8 Å². The zero-order valence-corrected chi connectivity index (χ0v) is 15.9. The van der Waals surface area contributed by atoms with Gasteiger partial charge in [-0.3, -0.25) is 0 Å². The number of anilines is 3. The Morgan fingerprint density at radius 3 is 1.64 bits per heavy atom. The first-order chi connectivity index (χ1) is 12.2. The van der Waals surface area contributed by atoms with Crippen molar-refractivity contribution in [1.82, 2.24) is 15.0 Å². The maximum absolute atomic E-state index is 5.68. The van der Waals surface area contributed by atoms with Crippen LogP contribution >= 0.6 is 0 Å². The molecule has 0 fully saturated rings. The molecule has 0 saturated heterocycles. The van der Waals surface area contributed by atoms with E-state index in [9.17, 15) is 0 Å². The lowest BCUT2D eigenvalue weighted by Gasteiger charge is -2.23. The van der Waals surface area contributed by atoms with Gasteiger partial charge in [0.2, 0.25) is 17.8 Å². The number of nitrogens with one attached hydrogen (secondary N) is 2. The van der Waals surface area contributed by atoms with Crippen molar-refractivity contribution in [3.8, 4) is 0 Å². The fourth-order valence-electron chi connectivity index (χ4n) is 2.29. The molecule has 0 atom stereocenters. The maximum atomic E-state index is 5.68. The van der Waals surface area contributed by atoms with Crippen LogP contribution < -0.4 is 27.0 Å². The third-order valence-corrected chi connectivity index (χ3v) is 3.80. The van der Waals surface area contributed by atoms with E-state index in [0.29, 0.717) is 30.9 Å². The Balaban J connectivity index is 2.92. The molecule has 25 heavy (non-hydrogen) atoms. The Kier molecular flexibility index (Phi) is 11.6. The van der Waals surface area contributed by atoms with Gasteiger partial charge in [-0.05, 0) is 38.8 Å². The maximum Gasteiger partial charge on any atom is 0.231 e. The first kappa shape index (κ1) is 21.4. The number of aromatic nitrogens is 3. The highest BCUT2D eigenvalue weighted by Crippen LogP contribution is 2.15. The average molecular weight is 353 g/mol. The molecule has 8 nitrogen and oxygen atoms in total. The molecule has 1 rings (SSSR count). The standard InChI is InChI=1S/C17H36N8/c1-3-5-11-20-15-22-16(21-12-6-4-2)24-17(23-15)25(13-7-9-18)14-8-10-19/h3-14,18-19H2,1-2H3,(H2,20,21,22,23,24). The molecule has 0 aliphatic heterocycles. The molecule has 1 aromatic heterocycles. The molecule has 1 heterocycles. The summed E-state index contributed by atoms with van der Waals surface area (Å²) in [4.78, 5) is 15.9. The van der Waals surface area contributed by atoms with E-state index in [2.05, 4.69) is 44.3 Å². The molecule has 0 aliphatic rings. The van der Waals surface area contributed by atoms with E-state index < -0.39 is 0 Å². The largest absolute Gasteiger partial charge is 0.354 e. The van der Waals surface area contributed by atoms with Crippen molar-refractivity contribution < 1.29 is 0 Å². The lowest BCUT2D eigenvalue weighted by Crippen LogP contribution is -2.31. The van der Waals surface area contributed by atoms with Gasteiger partial charge < -0.3 is 27.0 Å². The van der Waals surface area contributed by atoms with Gasteiger partial charge in [-0.1, -0.05) is 26.7 Å². The van der Waals surface area contributed by atoms with Crippen molar-refractivity contribution in [1.29, 1.82) is 0 Å². The zero-order chi connectivity index (χ0) is 18.3. The van der Waals surface area contributed by atoms with E-state index in [4.69, 9.17) is 11.5 Å². The van der Waals surface area contributed by atoms with E-state index in [-0.39, 0.29) is 0 Å². The van der Waals surface area contributed by atoms with Crippen molar-refractivity contribution in [2.24, 2.45) is 11.5 Å². The van der Waals surface area contributed by atoms with Crippen LogP contribution in [0, 0.1) is 0 Å². The highest BCUT2D eigenvalue weighted by Gasteiger charge is 2.13. The van der Waals surface area contributed by atoms with E-state index >= 15 is 0 Å². The van der Waals surface area contributed by atoms with Crippen LogP contribution in [0.3, 0.4) is 0 Å². The topological polar surface area (TPSA) is 118 Å². The van der Waals surface area contributed by atoms with Crippen molar-refractivity contribution in [2.75, 3.05) is 54.8 Å². The van der Waals surface area contributed by atoms with Gasteiger partial charge in [-0.25, -0.2) is 0 Å². The fourth-order valence-corrected chi connectivity index (χ4v) is 2.29. The number of nitrogens with zero attached hydrogens (tertiary/aromatic N) is 4. The molecule has 0 aliphatic carbocycles. The Hall–Kier alpha value is -1.67. The Morgan fingerprint density at radius 2 is 1.24 bits per heavy atom. The summed E-state index contributed by atoms with van der Waals surface area (Å²) >= 11 is 0. The minimum atomic E-state index is 0.628. The summed E-state index contributed by atoms with van der Waals surface area (Å²) in [6.07, 6.45) is 6.23. The zero-order valence-electron chi connectivity index (χ0n) is 15.9. The average Bonchev–Trinajstić information content (AvgIpc) is 2.62. The van der Waals surface area contributed by atoms with Crippen molar-refractivity contribution >= 4 is 17.8 Å². The van der Waals surface area contributed by atoms with Crippen LogP contribution in [0.25, 0.3) is 0 Å². The molecule has 0 saturated carbocycles. The molecular formula is C17H36N8. The van der Waals surface area contributed by atoms with Gasteiger partial charge in [0, 0.05) is 26.2 Å². The van der Waals surface area contributed by atoms with Gasteiger partial charge in [0.15, 0.2) is 0 Å². The van der Waals surface area contributed by atoms with Crippen molar-refractivity contribution in [3.63, 3.8) is 0 Å². The highest BCUT2D eigenvalue weighted by atomic mass is 15.3. The molecule has 6 N–H and O–H groups in total. The van der Waals surface area contributed by atoms with Crippen LogP contribution in [0.5, 0.6) is 0 Å². The van der Waals surface area contributed by atoms with Crippen molar-refractivity contribution in [3.05, 3.63) is 0 Å². The molecule has 0 aromatic carbocycles. The summed E-state index contributed by atoms with van der Waals surface area (Å²) in [6, 6.07) is 0. The third-order valence-electron chi connectivity index (χ3n) is 3.80. The van der Waals surface area contributed by atoms with Crippen LogP contribution in [-0.2, 0) is 0 Å². The second kappa shape index (κ2) is 13.6. The second-order valence-electron chi connectivity index (χ2n) is 6.11. The Bertz CT molecular complexity index is 418. The predicted molar refractivity (Wildman–Crippen MR) is 106 cm³/mol. The van der Waals surface area contributed by atoms with Gasteiger partial charge in [0.25, 0.3) is 0 Å². The molecule has 0 spiro atoms. The summed E-state index contributed by atoms with van der Waals surface area (Å²) in [5.41, 5.74) is 11.4. The normalized spacial score (nSPS) is 10.7. The van der Waals surface area contributed by atoms with E-state index in [1.165, 1.54) is 0 Å². The quantitative estimate of drug-likeness (QED) is 0.353. The van der Waals surface area contributed by atoms with E-state index in [1.807, 2.05) is 0 Å². The Morgan fingerprint density at radius 1 is 0.760 bits per heavy atom. The first-order valence-corrected chi connectivity index (χ1v) is 9.64. The van der Waals surface area contributed by atoms with Crippen LogP contribution in [0.1, 0.15) is 52.4 Å². The van der Waals surface area contributed by atoms with Crippen molar-refractivity contribution in [2.45, 2.75) is 52.4 Å². The first-order valence-electron chi connectivity index (χ1n) is 9.64. The lowest BCUT2D eigenvalue weighted by atomic mass is 10.3. The smallest absolute Gasteiger partial charge is 0.231 e. The predicted octanol–water partition coefficient (Wildman–Crippen LogP) is 1.80. The monoisotopic (exact) mass is 352 g/mol. The molecule has 144 valence electrons. The van der Waals surface area contributed by atoms with Gasteiger partial charge >= 0.3 is 0 Å². The van der Waals surface area contributed by atoms with Gasteiger partial charge in [-0.2, -0.15) is 15.0 Å². The molecule has 0 amide bonds. The summed E-state index contributed by atoms with van der Waals surface area (Å²) in [5, 5.41) is 6.61. The molecular weight excluding hydrogens is 316 g/mol. The van der Waals surface area contributed by atoms with Crippen LogP contribution in [0.2, 0.25) is 0 Å². The fraction of sp³-hybridized carbons (Fsp3) is 0.824. The number of rotatable bonds is 15. The van der Waals surface area contributed by atoms with Crippen LogP contribution in [0.15, 0.2) is 0 Å². The molecule has 1 aromatic rings. The number of hydrogen-bond donors (Lipinski definition) is 4. The summed E-state index contributed by atoms with van der Waals surface area (Å²) in [5.74, 6) is 1.95. The third kappa shape index (κ3) is 8.83. The number of hydrogen-bond acceptors (Lipinski definition) is 8. The summed E-state index contributed by atoms with van der Waals surface area (Å²) < 4.78 is 0. The number of nitrogens with two attached hydrogens (primary N) is 2. The Labute approximate surface area is 152 Å². The van der Waals surface area contributed by atoms with Gasteiger partial charge in [0.05, 0.1) is 0 Å². The molecule has 0 bridgehead atoms. The lowest BCUT2D eigenvalue weighted by molar-refractivity contribution is 0.682. The van der Waals surface area contributed by atoms with Crippen LogP contribution in [-0.4, -0.2) is 54.2 Å². The molecule has 0 radical (unpaired) electrons. The minimum Gasteiger partial charge on any atom is -0.354 e. The number of unbranched alkanes of at least 4 members (excludes halogenated alkanes) is 2. The summed E-state index contributed by atoms with van der Waals surface area (Å²) in [7, 11) is 0. The van der Waals surface area contributed by atoms with E-state index in [1.54, 1.807) is 0 Å². The van der Waals surface area contributed by atoms with Gasteiger partial charge in [0.1, 0.15) is 0 Å². The second-order valence-corrected chi connectivity index (χ2v) is 6.11. The highest BCUT2D eigenvalue weighted by molar-refractivity contribution is 5.43. The summed E-state index contributed by atoms with van der Waals surface area (Å²) in [6.45, 7) is 8.99. The molecule has 0 unspecified atom stereocenters. The molecule has 8 heteroatoms. The van der Waals surface area contributed by atoms with E-state index in [0.717, 1.165) is 64.7 Å².